The SMILES string of the molecule is O=C1NCC(=O)N(CC2COc3ccccc32)C1C1CC1. The summed E-state index contributed by atoms with van der Waals surface area (Å²) in [7, 11) is 0. The number of nitrogens with one attached hydrogen (secondary N) is 1. The average molecular weight is 286 g/mol. The fourth-order valence-electron chi connectivity index (χ4n) is 3.38. The van der Waals surface area contributed by atoms with E-state index in [1.165, 1.54) is 0 Å². The maximum Gasteiger partial charge on any atom is 0.243 e. The van der Waals surface area contributed by atoms with E-state index in [9.17, 15) is 9.59 Å². The molecule has 1 aliphatic carbocycles. The fourth-order valence-corrected chi connectivity index (χ4v) is 3.38. The Morgan fingerprint density at radius 1 is 1.24 bits per heavy atom. The lowest BCUT2D eigenvalue weighted by atomic mass is 9.98. The zero-order valence-electron chi connectivity index (χ0n) is 11.7. The van der Waals surface area contributed by atoms with Crippen LogP contribution in [0.3, 0.4) is 0 Å². The van der Waals surface area contributed by atoms with Crippen molar-refractivity contribution >= 4 is 11.8 Å². The summed E-state index contributed by atoms with van der Waals surface area (Å²) in [5.74, 6) is 1.43. The van der Waals surface area contributed by atoms with Crippen molar-refractivity contribution in [3.8, 4) is 5.75 Å². The van der Waals surface area contributed by atoms with Gasteiger partial charge in [0.2, 0.25) is 11.8 Å². The minimum Gasteiger partial charge on any atom is -0.493 e. The number of para-hydroxylation sites is 1. The van der Waals surface area contributed by atoms with Crippen LogP contribution >= 0.6 is 0 Å². The number of carbonyl (C=O) groups is 2. The van der Waals surface area contributed by atoms with Crippen molar-refractivity contribution < 1.29 is 14.3 Å². The molecule has 5 heteroatoms. The molecule has 110 valence electrons. The van der Waals surface area contributed by atoms with Crippen molar-refractivity contribution in [2.75, 3.05) is 19.7 Å². The summed E-state index contributed by atoms with van der Waals surface area (Å²) in [5.41, 5.74) is 1.14. The molecule has 1 saturated heterocycles. The number of rotatable bonds is 3. The van der Waals surface area contributed by atoms with Crippen LogP contribution in [-0.2, 0) is 9.59 Å². The van der Waals surface area contributed by atoms with Crippen molar-refractivity contribution in [1.29, 1.82) is 0 Å². The zero-order valence-corrected chi connectivity index (χ0v) is 11.7. The molecule has 0 aromatic heterocycles. The van der Waals surface area contributed by atoms with E-state index >= 15 is 0 Å². The molecule has 2 unspecified atom stereocenters. The summed E-state index contributed by atoms with van der Waals surface area (Å²) in [6.07, 6.45) is 2.08. The lowest BCUT2D eigenvalue weighted by Crippen LogP contribution is -2.60. The third-order valence-electron chi connectivity index (χ3n) is 4.62. The average Bonchev–Trinajstić information content (AvgIpc) is 3.24. The Morgan fingerprint density at radius 3 is 2.86 bits per heavy atom. The van der Waals surface area contributed by atoms with Gasteiger partial charge in [-0.15, -0.1) is 0 Å². The van der Waals surface area contributed by atoms with Crippen molar-refractivity contribution in [3.05, 3.63) is 29.8 Å². The van der Waals surface area contributed by atoms with E-state index in [-0.39, 0.29) is 30.3 Å². The standard InChI is InChI=1S/C16H18N2O3/c19-14-7-17-16(20)15(10-5-6-10)18(14)8-11-9-21-13-4-2-1-3-12(11)13/h1-4,10-11,15H,5-9H2,(H,17,20). The first-order valence-electron chi connectivity index (χ1n) is 7.53. The predicted octanol–water partition coefficient (Wildman–Crippen LogP) is 0.900. The molecular formula is C16H18N2O3. The molecule has 0 spiro atoms. The fraction of sp³-hybridized carbons (Fsp3) is 0.500. The van der Waals surface area contributed by atoms with Gasteiger partial charge in [0.05, 0.1) is 13.2 Å². The van der Waals surface area contributed by atoms with Gasteiger partial charge in [0, 0.05) is 18.0 Å². The third kappa shape index (κ3) is 2.17. The summed E-state index contributed by atoms with van der Waals surface area (Å²) in [5, 5.41) is 2.72. The van der Waals surface area contributed by atoms with Gasteiger partial charge in [0.15, 0.2) is 0 Å². The molecule has 0 bridgehead atoms. The number of fused-ring (bicyclic) bond motifs is 1. The van der Waals surface area contributed by atoms with Crippen LogP contribution in [0.2, 0.25) is 0 Å². The molecular weight excluding hydrogens is 268 g/mol. The Hall–Kier alpha value is -2.04. The maximum atomic E-state index is 12.3. The molecule has 2 fully saturated rings. The van der Waals surface area contributed by atoms with E-state index in [0.717, 1.165) is 24.2 Å². The summed E-state index contributed by atoms with van der Waals surface area (Å²) in [4.78, 5) is 26.2. The van der Waals surface area contributed by atoms with Gasteiger partial charge in [-0.2, -0.15) is 0 Å². The minimum atomic E-state index is -0.279. The minimum absolute atomic E-state index is 0.00398. The topological polar surface area (TPSA) is 58.6 Å². The van der Waals surface area contributed by atoms with Gasteiger partial charge in [0.1, 0.15) is 11.8 Å². The Labute approximate surface area is 123 Å². The van der Waals surface area contributed by atoms with Gasteiger partial charge < -0.3 is 15.0 Å². The lowest BCUT2D eigenvalue weighted by Gasteiger charge is -2.36. The van der Waals surface area contributed by atoms with Crippen LogP contribution in [0.5, 0.6) is 5.75 Å². The van der Waals surface area contributed by atoms with Gasteiger partial charge in [-0.3, -0.25) is 9.59 Å². The van der Waals surface area contributed by atoms with E-state index in [2.05, 4.69) is 5.32 Å². The number of amides is 2. The number of hydrogen-bond donors (Lipinski definition) is 1. The highest BCUT2D eigenvalue weighted by Gasteiger charge is 2.45. The number of ether oxygens (including phenoxy) is 1. The van der Waals surface area contributed by atoms with Crippen molar-refractivity contribution in [2.45, 2.75) is 24.8 Å². The van der Waals surface area contributed by atoms with E-state index in [1.54, 1.807) is 4.90 Å². The highest BCUT2D eigenvalue weighted by Crippen LogP contribution is 2.39. The van der Waals surface area contributed by atoms with Crippen LogP contribution in [0.25, 0.3) is 0 Å². The Morgan fingerprint density at radius 2 is 2.05 bits per heavy atom. The van der Waals surface area contributed by atoms with Crippen LogP contribution in [0.4, 0.5) is 0 Å². The lowest BCUT2D eigenvalue weighted by molar-refractivity contribution is -0.146. The van der Waals surface area contributed by atoms with Crippen LogP contribution < -0.4 is 10.1 Å². The molecule has 1 aromatic rings. The molecule has 2 aliphatic heterocycles. The number of hydrogen-bond acceptors (Lipinski definition) is 3. The highest BCUT2D eigenvalue weighted by molar-refractivity contribution is 5.95. The van der Waals surface area contributed by atoms with Gasteiger partial charge in [0.25, 0.3) is 0 Å². The summed E-state index contributed by atoms with van der Waals surface area (Å²) < 4.78 is 5.69. The third-order valence-corrected chi connectivity index (χ3v) is 4.62. The molecule has 2 heterocycles. The summed E-state index contributed by atoms with van der Waals surface area (Å²) in [6, 6.07) is 7.67. The van der Waals surface area contributed by atoms with Gasteiger partial charge >= 0.3 is 0 Å². The highest BCUT2D eigenvalue weighted by atomic mass is 16.5. The molecule has 4 rings (SSSR count). The Bertz CT molecular complexity index is 597. The van der Waals surface area contributed by atoms with Crippen LogP contribution in [0.15, 0.2) is 24.3 Å². The van der Waals surface area contributed by atoms with E-state index in [0.29, 0.717) is 19.1 Å². The number of piperazine rings is 1. The molecule has 1 N–H and O–H groups in total. The molecule has 1 saturated carbocycles. The first-order chi connectivity index (χ1) is 10.2. The smallest absolute Gasteiger partial charge is 0.243 e. The monoisotopic (exact) mass is 286 g/mol. The molecule has 5 nitrogen and oxygen atoms in total. The quantitative estimate of drug-likeness (QED) is 0.898. The maximum absolute atomic E-state index is 12.3. The Kier molecular flexibility index (Phi) is 2.87. The molecule has 1 aromatic carbocycles. The Balaban J connectivity index is 1.57. The number of carbonyl (C=O) groups excluding carboxylic acids is 2. The van der Waals surface area contributed by atoms with E-state index < -0.39 is 0 Å². The molecule has 2 atom stereocenters. The van der Waals surface area contributed by atoms with Crippen LogP contribution in [0.1, 0.15) is 24.3 Å². The zero-order chi connectivity index (χ0) is 14.4. The second-order valence-electron chi connectivity index (χ2n) is 6.09. The van der Waals surface area contributed by atoms with Crippen LogP contribution in [0, 0.1) is 5.92 Å². The second-order valence-corrected chi connectivity index (χ2v) is 6.09. The van der Waals surface area contributed by atoms with Crippen molar-refractivity contribution in [2.24, 2.45) is 5.92 Å². The van der Waals surface area contributed by atoms with E-state index in [4.69, 9.17) is 4.74 Å². The van der Waals surface area contributed by atoms with Crippen molar-refractivity contribution in [1.82, 2.24) is 10.2 Å². The summed E-state index contributed by atoms with van der Waals surface area (Å²) in [6.45, 7) is 1.28. The molecule has 3 aliphatic rings. The normalized spacial score (nSPS) is 28.1. The first-order valence-corrected chi connectivity index (χ1v) is 7.53. The largest absolute Gasteiger partial charge is 0.493 e. The van der Waals surface area contributed by atoms with Gasteiger partial charge in [-0.25, -0.2) is 0 Å². The molecule has 0 radical (unpaired) electrons. The number of benzene rings is 1. The summed E-state index contributed by atoms with van der Waals surface area (Å²) >= 11 is 0. The van der Waals surface area contributed by atoms with Crippen LogP contribution in [-0.4, -0.2) is 42.5 Å². The first kappa shape index (κ1) is 12.7. The van der Waals surface area contributed by atoms with Gasteiger partial charge in [-0.1, -0.05) is 18.2 Å². The molecule has 21 heavy (non-hydrogen) atoms. The van der Waals surface area contributed by atoms with Gasteiger partial charge in [-0.05, 0) is 24.8 Å². The van der Waals surface area contributed by atoms with E-state index in [1.807, 2.05) is 24.3 Å². The second kappa shape index (κ2) is 4.76. The van der Waals surface area contributed by atoms with Crippen molar-refractivity contribution in [3.63, 3.8) is 0 Å². The predicted molar refractivity (Wildman–Crippen MR) is 75.9 cm³/mol. The molecule has 2 amide bonds. The number of nitrogens with zero attached hydrogens (tertiary/aromatic N) is 1.